The maximum Gasteiger partial charge on any atom is 0.419 e. The summed E-state index contributed by atoms with van der Waals surface area (Å²) in [4.78, 5) is 36.2. The number of ether oxygens (including phenoxy) is 2. The van der Waals surface area contributed by atoms with Gasteiger partial charge in [0.1, 0.15) is 12.6 Å². The van der Waals surface area contributed by atoms with E-state index in [2.05, 4.69) is 10.1 Å². The maximum atomic E-state index is 13.2. The summed E-state index contributed by atoms with van der Waals surface area (Å²) in [5, 5.41) is 3.86. The van der Waals surface area contributed by atoms with Gasteiger partial charge in [-0.2, -0.15) is 13.2 Å². The first-order valence-corrected chi connectivity index (χ1v) is 9.16. The largest absolute Gasteiger partial charge is 0.467 e. The van der Waals surface area contributed by atoms with Gasteiger partial charge in [-0.05, 0) is 11.1 Å². The smallest absolute Gasteiger partial charge is 0.419 e. The molecule has 0 spiro atoms. The molecule has 0 heterocycles. The van der Waals surface area contributed by atoms with Gasteiger partial charge >= 0.3 is 18.2 Å². The van der Waals surface area contributed by atoms with Gasteiger partial charge < -0.3 is 20.1 Å². The molecule has 2 N–H and O–H groups in total. The minimum absolute atomic E-state index is 0.0975. The van der Waals surface area contributed by atoms with E-state index in [-0.39, 0.29) is 13.0 Å². The van der Waals surface area contributed by atoms with Crippen LogP contribution in [0.15, 0.2) is 60.7 Å². The zero-order chi connectivity index (χ0) is 22.9. The van der Waals surface area contributed by atoms with Gasteiger partial charge in [-0.15, -0.1) is 0 Å². The van der Waals surface area contributed by atoms with Crippen molar-refractivity contribution >= 4 is 18.0 Å². The summed E-state index contributed by atoms with van der Waals surface area (Å²) in [5.74, 6) is -2.89. The lowest BCUT2D eigenvalue weighted by atomic mass is 10.0. The molecular weight excluding hydrogens is 417 g/mol. The van der Waals surface area contributed by atoms with E-state index in [1.165, 1.54) is 0 Å². The SMILES string of the molecule is COC(=O)C(NC(=O)[C@H](Cc1ccccc1)NC(=O)OCc1ccccc1)C(F)(F)F. The first kappa shape index (κ1) is 23.7. The van der Waals surface area contributed by atoms with Gasteiger partial charge in [-0.3, -0.25) is 4.79 Å². The molecule has 0 aromatic heterocycles. The van der Waals surface area contributed by atoms with Crippen LogP contribution in [0.25, 0.3) is 0 Å². The van der Waals surface area contributed by atoms with Crippen LogP contribution < -0.4 is 10.6 Å². The van der Waals surface area contributed by atoms with Crippen molar-refractivity contribution in [3.05, 3.63) is 71.8 Å². The van der Waals surface area contributed by atoms with Crippen molar-refractivity contribution in [1.29, 1.82) is 0 Å². The van der Waals surface area contributed by atoms with Crippen molar-refractivity contribution in [3.63, 3.8) is 0 Å². The average molecular weight is 438 g/mol. The number of nitrogens with one attached hydrogen (secondary N) is 2. The number of methoxy groups -OCH3 is 1. The van der Waals surface area contributed by atoms with Crippen LogP contribution in [0.3, 0.4) is 0 Å². The van der Waals surface area contributed by atoms with Crippen molar-refractivity contribution in [2.45, 2.75) is 31.3 Å². The summed E-state index contributed by atoms with van der Waals surface area (Å²) >= 11 is 0. The standard InChI is InChI=1S/C21H21F3N2O5/c1-30-19(28)17(21(22,23)24)26-18(27)16(12-14-8-4-2-5-9-14)25-20(29)31-13-15-10-6-3-7-11-15/h2-11,16-17H,12-13H2,1H3,(H,25,29)(H,26,27)/t16-,17?/m0/s1. The highest BCUT2D eigenvalue weighted by atomic mass is 19.4. The summed E-state index contributed by atoms with van der Waals surface area (Å²) in [6.45, 7) is -0.0975. The molecule has 0 fully saturated rings. The minimum atomic E-state index is -5.08. The molecule has 0 saturated heterocycles. The highest BCUT2D eigenvalue weighted by molar-refractivity contribution is 5.90. The number of benzene rings is 2. The fraction of sp³-hybridized carbons (Fsp3) is 0.286. The highest BCUT2D eigenvalue weighted by Crippen LogP contribution is 2.21. The fourth-order valence-corrected chi connectivity index (χ4v) is 2.60. The first-order chi connectivity index (χ1) is 14.7. The lowest BCUT2D eigenvalue weighted by molar-refractivity contribution is -0.184. The van der Waals surface area contributed by atoms with Gasteiger partial charge in [0.05, 0.1) is 7.11 Å². The van der Waals surface area contributed by atoms with E-state index >= 15 is 0 Å². The second kappa shape index (κ2) is 11.0. The maximum absolute atomic E-state index is 13.2. The molecule has 0 saturated carbocycles. The second-order valence-electron chi connectivity index (χ2n) is 6.45. The van der Waals surface area contributed by atoms with E-state index in [1.54, 1.807) is 66.0 Å². The summed E-state index contributed by atoms with van der Waals surface area (Å²) in [7, 11) is 0.772. The van der Waals surface area contributed by atoms with Gasteiger partial charge in [0, 0.05) is 6.42 Å². The van der Waals surface area contributed by atoms with Crippen LogP contribution in [0.4, 0.5) is 18.0 Å². The second-order valence-corrected chi connectivity index (χ2v) is 6.45. The Labute approximate surface area is 176 Å². The Balaban J connectivity index is 2.12. The molecule has 2 aromatic rings. The fourth-order valence-electron chi connectivity index (χ4n) is 2.60. The van der Waals surface area contributed by atoms with Crippen molar-refractivity contribution < 1.29 is 37.0 Å². The summed E-state index contributed by atoms with van der Waals surface area (Å²) in [6, 6.07) is 12.7. The number of alkyl carbamates (subject to hydrolysis) is 1. The number of halogens is 3. The molecule has 0 radical (unpaired) electrons. The molecule has 166 valence electrons. The van der Waals surface area contributed by atoms with Crippen molar-refractivity contribution in [2.24, 2.45) is 0 Å². The Kier molecular flexibility index (Phi) is 8.42. The molecule has 10 heteroatoms. The number of carbonyl (C=O) groups is 3. The van der Waals surface area contributed by atoms with Gasteiger partial charge in [-0.1, -0.05) is 60.7 Å². The topological polar surface area (TPSA) is 93.7 Å². The van der Waals surface area contributed by atoms with Crippen LogP contribution in [0, 0.1) is 0 Å². The van der Waals surface area contributed by atoms with E-state index in [4.69, 9.17) is 4.74 Å². The third-order valence-electron chi connectivity index (χ3n) is 4.15. The van der Waals surface area contributed by atoms with E-state index in [0.717, 1.165) is 7.11 Å². The van der Waals surface area contributed by atoms with Crippen molar-refractivity contribution in [3.8, 4) is 0 Å². The van der Waals surface area contributed by atoms with E-state index in [1.807, 2.05) is 0 Å². The lowest BCUT2D eigenvalue weighted by Gasteiger charge is -2.23. The molecule has 2 rings (SSSR count). The Morgan fingerprint density at radius 2 is 1.45 bits per heavy atom. The molecule has 0 bridgehead atoms. The van der Waals surface area contributed by atoms with Gasteiger partial charge in [0.15, 0.2) is 0 Å². The third kappa shape index (κ3) is 7.65. The molecule has 31 heavy (non-hydrogen) atoms. The van der Waals surface area contributed by atoms with Crippen LogP contribution in [-0.2, 0) is 32.1 Å². The van der Waals surface area contributed by atoms with Crippen LogP contribution in [0.1, 0.15) is 11.1 Å². The zero-order valence-corrected chi connectivity index (χ0v) is 16.5. The lowest BCUT2D eigenvalue weighted by Crippen LogP contribution is -2.57. The van der Waals surface area contributed by atoms with Crippen LogP contribution >= 0.6 is 0 Å². The van der Waals surface area contributed by atoms with E-state index in [9.17, 15) is 27.6 Å². The van der Waals surface area contributed by atoms with Gasteiger partial charge in [-0.25, -0.2) is 9.59 Å². The number of hydrogen-bond donors (Lipinski definition) is 2. The first-order valence-electron chi connectivity index (χ1n) is 9.16. The molecule has 0 aliphatic carbocycles. The van der Waals surface area contributed by atoms with Crippen LogP contribution in [0.5, 0.6) is 0 Å². The Hall–Kier alpha value is -3.56. The van der Waals surface area contributed by atoms with Crippen LogP contribution in [-0.4, -0.2) is 43.3 Å². The van der Waals surface area contributed by atoms with Crippen molar-refractivity contribution in [2.75, 3.05) is 7.11 Å². The predicted octanol–water partition coefficient (Wildman–Crippen LogP) is 2.74. The number of hydrogen-bond acceptors (Lipinski definition) is 5. The van der Waals surface area contributed by atoms with E-state index in [0.29, 0.717) is 11.1 Å². The molecule has 2 aromatic carbocycles. The van der Waals surface area contributed by atoms with Gasteiger partial charge in [0.2, 0.25) is 11.9 Å². The van der Waals surface area contributed by atoms with Crippen molar-refractivity contribution in [1.82, 2.24) is 10.6 Å². The molecule has 0 aliphatic heterocycles. The van der Waals surface area contributed by atoms with E-state index < -0.39 is 36.2 Å². The summed E-state index contributed by atoms with van der Waals surface area (Å²) in [6.07, 6.45) is -6.20. The summed E-state index contributed by atoms with van der Waals surface area (Å²) < 4.78 is 48.6. The molecule has 2 amide bonds. The Morgan fingerprint density at radius 1 is 0.903 bits per heavy atom. The number of rotatable bonds is 8. The summed E-state index contributed by atoms with van der Waals surface area (Å²) in [5.41, 5.74) is 1.26. The molecule has 7 nitrogen and oxygen atoms in total. The number of esters is 1. The predicted molar refractivity (Wildman–Crippen MR) is 104 cm³/mol. The third-order valence-corrected chi connectivity index (χ3v) is 4.15. The number of amides is 2. The normalized spacial score (nSPS) is 12.9. The molecular formula is C21H21F3N2O5. The Morgan fingerprint density at radius 3 is 1.97 bits per heavy atom. The molecule has 1 unspecified atom stereocenters. The van der Waals surface area contributed by atoms with Gasteiger partial charge in [0.25, 0.3) is 0 Å². The monoisotopic (exact) mass is 438 g/mol. The highest BCUT2D eigenvalue weighted by Gasteiger charge is 2.47. The number of carbonyl (C=O) groups excluding carboxylic acids is 3. The minimum Gasteiger partial charge on any atom is -0.467 e. The Bertz CT molecular complexity index is 876. The quantitative estimate of drug-likeness (QED) is 0.619. The number of alkyl halides is 3. The average Bonchev–Trinajstić information content (AvgIpc) is 2.75. The zero-order valence-electron chi connectivity index (χ0n) is 16.5. The van der Waals surface area contributed by atoms with Crippen LogP contribution in [0.2, 0.25) is 0 Å². The molecule has 0 aliphatic rings. The molecule has 2 atom stereocenters.